The number of ketones is 1. The lowest BCUT2D eigenvalue weighted by Gasteiger charge is -2.31. The first-order valence-corrected chi connectivity index (χ1v) is 8.62. The lowest BCUT2D eigenvalue weighted by atomic mass is 9.87. The molecule has 130 valence electrons. The molecule has 4 heteroatoms. The molecule has 3 rings (SSSR count). The monoisotopic (exact) mass is 339 g/mol. The predicted molar refractivity (Wildman–Crippen MR) is 95.3 cm³/mol. The zero-order valence-electron chi connectivity index (χ0n) is 14.6. The van der Waals surface area contributed by atoms with E-state index in [2.05, 4.69) is 0 Å². The Hall–Kier alpha value is -2.49. The molecule has 1 heterocycles. The highest BCUT2D eigenvalue weighted by atomic mass is 19.1. The van der Waals surface area contributed by atoms with Crippen molar-refractivity contribution in [3.63, 3.8) is 0 Å². The van der Waals surface area contributed by atoms with E-state index >= 15 is 0 Å². The molecule has 2 aromatic rings. The molecule has 0 aliphatic carbocycles. The van der Waals surface area contributed by atoms with Crippen LogP contribution in [0.3, 0.4) is 0 Å². The van der Waals surface area contributed by atoms with Crippen LogP contribution in [0, 0.1) is 25.6 Å². The quantitative estimate of drug-likeness (QED) is 0.787. The van der Waals surface area contributed by atoms with Crippen molar-refractivity contribution in [2.24, 2.45) is 5.92 Å². The van der Waals surface area contributed by atoms with Crippen molar-refractivity contribution in [1.82, 2.24) is 4.90 Å². The van der Waals surface area contributed by atoms with E-state index in [0.717, 1.165) is 16.7 Å². The minimum Gasteiger partial charge on any atom is -0.339 e. The van der Waals surface area contributed by atoms with Gasteiger partial charge in [-0.05, 0) is 56.5 Å². The van der Waals surface area contributed by atoms with Crippen LogP contribution in [0.5, 0.6) is 0 Å². The van der Waals surface area contributed by atoms with E-state index in [1.807, 2.05) is 32.0 Å². The van der Waals surface area contributed by atoms with Crippen LogP contribution in [-0.2, 0) is 0 Å². The summed E-state index contributed by atoms with van der Waals surface area (Å²) in [6.07, 6.45) is 1.33. The summed E-state index contributed by atoms with van der Waals surface area (Å²) >= 11 is 0. The minimum atomic E-state index is -0.352. The first kappa shape index (κ1) is 17.3. The van der Waals surface area contributed by atoms with Crippen LogP contribution in [0.25, 0.3) is 0 Å². The van der Waals surface area contributed by atoms with Gasteiger partial charge in [0, 0.05) is 30.1 Å². The molecule has 2 aromatic carbocycles. The fraction of sp³-hybridized carbons (Fsp3) is 0.333. The molecule has 0 bridgehead atoms. The van der Waals surface area contributed by atoms with Crippen molar-refractivity contribution in [1.29, 1.82) is 0 Å². The third kappa shape index (κ3) is 3.78. The van der Waals surface area contributed by atoms with Crippen molar-refractivity contribution in [2.75, 3.05) is 13.1 Å². The maximum atomic E-state index is 13.0. The Balaban J connectivity index is 1.64. The van der Waals surface area contributed by atoms with E-state index in [-0.39, 0.29) is 23.4 Å². The topological polar surface area (TPSA) is 37.4 Å². The van der Waals surface area contributed by atoms with E-state index in [9.17, 15) is 14.0 Å². The average Bonchev–Trinajstić information content (AvgIpc) is 2.61. The number of benzene rings is 2. The van der Waals surface area contributed by atoms with Gasteiger partial charge < -0.3 is 4.90 Å². The standard InChI is InChI=1S/C21H22FNO2/c1-14-3-8-19(15(2)13-14)20(24)16-9-11-23(12-10-16)21(25)17-4-6-18(22)7-5-17/h3-8,13,16H,9-12H2,1-2H3. The molecular weight excluding hydrogens is 317 g/mol. The Kier molecular flexibility index (Phi) is 4.98. The van der Waals surface area contributed by atoms with Crippen LogP contribution in [0.4, 0.5) is 4.39 Å². The molecule has 0 saturated carbocycles. The third-order valence-electron chi connectivity index (χ3n) is 4.89. The summed E-state index contributed by atoms with van der Waals surface area (Å²) in [5, 5.41) is 0. The summed E-state index contributed by atoms with van der Waals surface area (Å²) in [4.78, 5) is 27.0. The number of Topliss-reactive ketones (excluding diaryl/α,β-unsaturated/α-hetero) is 1. The fourth-order valence-corrected chi connectivity index (χ4v) is 3.43. The van der Waals surface area contributed by atoms with Gasteiger partial charge in [-0.2, -0.15) is 0 Å². The zero-order chi connectivity index (χ0) is 18.0. The maximum Gasteiger partial charge on any atom is 0.253 e. The van der Waals surface area contributed by atoms with Crippen LogP contribution in [0.15, 0.2) is 42.5 Å². The van der Waals surface area contributed by atoms with Gasteiger partial charge in [0.25, 0.3) is 5.91 Å². The lowest BCUT2D eigenvalue weighted by molar-refractivity contribution is 0.0650. The van der Waals surface area contributed by atoms with Crippen LogP contribution in [0.1, 0.15) is 44.7 Å². The number of carbonyl (C=O) groups is 2. The van der Waals surface area contributed by atoms with Crippen LogP contribution in [0.2, 0.25) is 0 Å². The molecule has 0 spiro atoms. The third-order valence-corrected chi connectivity index (χ3v) is 4.89. The Morgan fingerprint density at radius 3 is 2.24 bits per heavy atom. The smallest absolute Gasteiger partial charge is 0.253 e. The Labute approximate surface area is 147 Å². The average molecular weight is 339 g/mol. The normalized spacial score (nSPS) is 15.2. The number of likely N-dealkylation sites (tertiary alicyclic amines) is 1. The molecule has 0 aromatic heterocycles. The highest BCUT2D eigenvalue weighted by Crippen LogP contribution is 2.25. The summed E-state index contributed by atoms with van der Waals surface area (Å²) in [7, 11) is 0. The molecular formula is C21H22FNO2. The highest BCUT2D eigenvalue weighted by molar-refractivity contribution is 5.99. The number of aryl methyl sites for hydroxylation is 2. The summed E-state index contributed by atoms with van der Waals surface area (Å²) in [6, 6.07) is 11.5. The lowest BCUT2D eigenvalue weighted by Crippen LogP contribution is -2.40. The molecule has 0 radical (unpaired) electrons. The van der Waals surface area contributed by atoms with Crippen molar-refractivity contribution >= 4 is 11.7 Å². The van der Waals surface area contributed by atoms with E-state index in [1.54, 1.807) is 4.90 Å². The van der Waals surface area contributed by atoms with Crippen molar-refractivity contribution in [3.8, 4) is 0 Å². The number of halogens is 1. The first-order chi connectivity index (χ1) is 12.0. The van der Waals surface area contributed by atoms with Gasteiger partial charge in [0.05, 0.1) is 0 Å². The number of hydrogen-bond donors (Lipinski definition) is 0. The second-order valence-corrected chi connectivity index (χ2v) is 6.76. The van der Waals surface area contributed by atoms with E-state index in [0.29, 0.717) is 31.5 Å². The Morgan fingerprint density at radius 1 is 1.00 bits per heavy atom. The van der Waals surface area contributed by atoms with Gasteiger partial charge in [0.15, 0.2) is 5.78 Å². The van der Waals surface area contributed by atoms with Gasteiger partial charge in [-0.3, -0.25) is 9.59 Å². The number of piperidine rings is 1. The zero-order valence-corrected chi connectivity index (χ0v) is 14.6. The van der Waals surface area contributed by atoms with E-state index < -0.39 is 0 Å². The minimum absolute atomic E-state index is 0.0429. The van der Waals surface area contributed by atoms with Gasteiger partial charge >= 0.3 is 0 Å². The van der Waals surface area contributed by atoms with E-state index in [1.165, 1.54) is 24.3 Å². The second-order valence-electron chi connectivity index (χ2n) is 6.76. The van der Waals surface area contributed by atoms with Crippen molar-refractivity contribution in [3.05, 3.63) is 70.5 Å². The Bertz CT molecular complexity index is 790. The van der Waals surface area contributed by atoms with Gasteiger partial charge in [-0.1, -0.05) is 23.8 Å². The van der Waals surface area contributed by atoms with Gasteiger partial charge in [-0.25, -0.2) is 4.39 Å². The Morgan fingerprint density at radius 2 is 1.64 bits per heavy atom. The maximum absolute atomic E-state index is 13.0. The molecule has 1 fully saturated rings. The van der Waals surface area contributed by atoms with Crippen molar-refractivity contribution in [2.45, 2.75) is 26.7 Å². The molecule has 25 heavy (non-hydrogen) atoms. The molecule has 1 aliphatic rings. The van der Waals surface area contributed by atoms with Crippen molar-refractivity contribution < 1.29 is 14.0 Å². The SMILES string of the molecule is Cc1ccc(C(=O)C2CCN(C(=O)c3ccc(F)cc3)CC2)c(C)c1. The molecule has 0 N–H and O–H groups in total. The second kappa shape index (κ2) is 7.18. The summed E-state index contributed by atoms with van der Waals surface area (Å²) in [5.74, 6) is -0.322. The summed E-state index contributed by atoms with van der Waals surface area (Å²) < 4.78 is 13.0. The summed E-state index contributed by atoms with van der Waals surface area (Å²) in [6.45, 7) is 5.09. The number of nitrogens with zero attached hydrogens (tertiary/aromatic N) is 1. The number of hydrogen-bond acceptors (Lipinski definition) is 2. The van der Waals surface area contributed by atoms with E-state index in [4.69, 9.17) is 0 Å². The molecule has 0 unspecified atom stereocenters. The van der Waals surface area contributed by atoms with Gasteiger partial charge in [0.2, 0.25) is 0 Å². The molecule has 3 nitrogen and oxygen atoms in total. The largest absolute Gasteiger partial charge is 0.339 e. The van der Waals surface area contributed by atoms with Gasteiger partial charge in [0.1, 0.15) is 5.82 Å². The number of amides is 1. The molecule has 1 saturated heterocycles. The first-order valence-electron chi connectivity index (χ1n) is 8.62. The van der Waals surface area contributed by atoms with Crippen LogP contribution >= 0.6 is 0 Å². The number of carbonyl (C=O) groups excluding carboxylic acids is 2. The van der Waals surface area contributed by atoms with Gasteiger partial charge in [-0.15, -0.1) is 0 Å². The van der Waals surface area contributed by atoms with Crippen LogP contribution < -0.4 is 0 Å². The van der Waals surface area contributed by atoms with Crippen LogP contribution in [-0.4, -0.2) is 29.7 Å². The highest BCUT2D eigenvalue weighted by Gasteiger charge is 2.29. The molecule has 0 atom stereocenters. The fourth-order valence-electron chi connectivity index (χ4n) is 3.43. The molecule has 1 amide bonds. The molecule has 1 aliphatic heterocycles. The summed E-state index contributed by atoms with van der Waals surface area (Å²) in [5.41, 5.74) is 3.43. The number of rotatable bonds is 3. The predicted octanol–water partition coefficient (Wildman–Crippen LogP) is 4.18.